The maximum absolute atomic E-state index is 12.5. The van der Waals surface area contributed by atoms with Crippen LogP contribution >= 0.6 is 0 Å². The summed E-state index contributed by atoms with van der Waals surface area (Å²) in [5.41, 5.74) is 1.32. The lowest BCUT2D eigenvalue weighted by Crippen LogP contribution is -2.00. The van der Waals surface area contributed by atoms with E-state index in [9.17, 15) is 4.79 Å². The molecule has 0 saturated heterocycles. The van der Waals surface area contributed by atoms with Gasteiger partial charge in [0.15, 0.2) is 17.3 Å². The summed E-state index contributed by atoms with van der Waals surface area (Å²) in [6.45, 7) is 2.76. The Morgan fingerprint density at radius 3 is 2.37 bits per heavy atom. The summed E-state index contributed by atoms with van der Waals surface area (Å²) in [5.74, 6) is 2.29. The highest BCUT2D eigenvalue weighted by Crippen LogP contribution is 2.29. The predicted molar refractivity (Wildman–Crippen MR) is 106 cm³/mol. The van der Waals surface area contributed by atoms with Gasteiger partial charge < -0.3 is 18.9 Å². The van der Waals surface area contributed by atoms with Crippen LogP contribution in [0.1, 0.15) is 35.7 Å². The van der Waals surface area contributed by atoms with Gasteiger partial charge in [-0.25, -0.2) is 0 Å². The molecule has 2 rings (SSSR count). The van der Waals surface area contributed by atoms with Crippen LogP contribution in [0.5, 0.6) is 23.0 Å². The van der Waals surface area contributed by atoms with Gasteiger partial charge in [-0.1, -0.05) is 25.5 Å². The first-order valence-electron chi connectivity index (χ1n) is 8.88. The number of hydrogen-bond donors (Lipinski definition) is 0. The van der Waals surface area contributed by atoms with Crippen molar-refractivity contribution in [1.82, 2.24) is 0 Å². The normalized spacial score (nSPS) is 10.7. The molecular formula is C22H26O5. The van der Waals surface area contributed by atoms with Gasteiger partial charge in [-0.2, -0.15) is 0 Å². The number of allylic oxidation sites excluding steroid dienone is 1. The van der Waals surface area contributed by atoms with Gasteiger partial charge >= 0.3 is 0 Å². The molecule has 0 heterocycles. The van der Waals surface area contributed by atoms with Crippen LogP contribution in [0, 0.1) is 0 Å². The summed E-state index contributed by atoms with van der Waals surface area (Å²) >= 11 is 0. The quantitative estimate of drug-likeness (QED) is 0.342. The third-order valence-electron chi connectivity index (χ3n) is 4.04. The third kappa shape index (κ3) is 5.51. The number of benzene rings is 2. The highest BCUT2D eigenvalue weighted by atomic mass is 16.5. The number of carbonyl (C=O) groups excluding carboxylic acids is 1. The molecule has 0 radical (unpaired) electrons. The second-order valence-electron chi connectivity index (χ2n) is 5.88. The van der Waals surface area contributed by atoms with Gasteiger partial charge in [0.1, 0.15) is 11.5 Å². The van der Waals surface area contributed by atoms with E-state index in [1.807, 2.05) is 18.2 Å². The van der Waals surface area contributed by atoms with E-state index >= 15 is 0 Å². The Labute approximate surface area is 160 Å². The summed E-state index contributed by atoms with van der Waals surface area (Å²) in [6.07, 6.45) is 5.31. The number of hydrogen-bond acceptors (Lipinski definition) is 5. The molecule has 0 aliphatic heterocycles. The van der Waals surface area contributed by atoms with E-state index in [-0.39, 0.29) is 5.78 Å². The fourth-order valence-electron chi connectivity index (χ4n) is 2.50. The fraction of sp³-hybridized carbons (Fsp3) is 0.318. The minimum atomic E-state index is -0.156. The Hall–Kier alpha value is -2.95. The first kappa shape index (κ1) is 20.4. The summed E-state index contributed by atoms with van der Waals surface area (Å²) in [6, 6.07) is 10.7. The van der Waals surface area contributed by atoms with Crippen molar-refractivity contribution in [2.75, 3.05) is 27.9 Å². The first-order valence-corrected chi connectivity index (χ1v) is 8.88. The lowest BCUT2D eigenvalue weighted by molar-refractivity contribution is 0.104. The topological polar surface area (TPSA) is 54.0 Å². The van der Waals surface area contributed by atoms with Crippen molar-refractivity contribution < 1.29 is 23.7 Å². The van der Waals surface area contributed by atoms with Crippen molar-refractivity contribution in [1.29, 1.82) is 0 Å². The molecule has 5 nitrogen and oxygen atoms in total. The lowest BCUT2D eigenvalue weighted by atomic mass is 10.1. The molecule has 0 atom stereocenters. The van der Waals surface area contributed by atoms with Crippen LogP contribution in [-0.4, -0.2) is 33.7 Å². The van der Waals surface area contributed by atoms with Crippen LogP contribution < -0.4 is 18.9 Å². The molecule has 0 aromatic heterocycles. The van der Waals surface area contributed by atoms with Gasteiger partial charge in [-0.05, 0) is 42.3 Å². The Balaban J connectivity index is 2.16. The van der Waals surface area contributed by atoms with Gasteiger partial charge in [0.25, 0.3) is 0 Å². The monoisotopic (exact) mass is 370 g/mol. The van der Waals surface area contributed by atoms with Crippen LogP contribution in [0.4, 0.5) is 0 Å². The minimum absolute atomic E-state index is 0.156. The van der Waals surface area contributed by atoms with E-state index in [0.717, 1.165) is 18.4 Å². The molecule has 0 unspecified atom stereocenters. The molecule has 5 heteroatoms. The Bertz CT molecular complexity index is 795. The summed E-state index contributed by atoms with van der Waals surface area (Å²) in [5, 5.41) is 0. The molecule has 2 aromatic carbocycles. The molecular weight excluding hydrogens is 344 g/mol. The number of ether oxygens (including phenoxy) is 4. The molecule has 2 aromatic rings. The molecule has 0 spiro atoms. The highest BCUT2D eigenvalue weighted by molar-refractivity contribution is 6.08. The minimum Gasteiger partial charge on any atom is -0.497 e. The van der Waals surface area contributed by atoms with E-state index in [1.165, 1.54) is 13.2 Å². The number of methoxy groups -OCH3 is 3. The number of unbranched alkanes of at least 4 members (excludes halogenated alkanes) is 1. The lowest BCUT2D eigenvalue weighted by Gasteiger charge is -2.11. The average Bonchev–Trinajstić information content (AvgIpc) is 2.72. The number of carbonyl (C=O) groups is 1. The van der Waals surface area contributed by atoms with Crippen molar-refractivity contribution in [3.63, 3.8) is 0 Å². The van der Waals surface area contributed by atoms with Crippen LogP contribution in [0.25, 0.3) is 6.08 Å². The van der Waals surface area contributed by atoms with Gasteiger partial charge in [-0.3, -0.25) is 4.79 Å². The largest absolute Gasteiger partial charge is 0.497 e. The molecule has 27 heavy (non-hydrogen) atoms. The SMILES string of the molecule is CCCCOc1ccc(/C=C/C(=O)c2ccc(OC)cc2OC)cc1OC. The average molecular weight is 370 g/mol. The van der Waals surface area contributed by atoms with Crippen LogP contribution in [0.3, 0.4) is 0 Å². The van der Waals surface area contributed by atoms with E-state index in [2.05, 4.69) is 6.92 Å². The van der Waals surface area contributed by atoms with Crippen LogP contribution in [-0.2, 0) is 0 Å². The summed E-state index contributed by atoms with van der Waals surface area (Å²) < 4.78 is 21.6. The van der Waals surface area contributed by atoms with E-state index in [1.54, 1.807) is 38.5 Å². The zero-order valence-corrected chi connectivity index (χ0v) is 16.3. The van der Waals surface area contributed by atoms with E-state index in [0.29, 0.717) is 35.2 Å². The van der Waals surface area contributed by atoms with Gasteiger partial charge in [0.05, 0.1) is 33.5 Å². The molecule has 144 valence electrons. The van der Waals surface area contributed by atoms with E-state index < -0.39 is 0 Å². The summed E-state index contributed by atoms with van der Waals surface area (Å²) in [4.78, 5) is 12.5. The zero-order chi connectivity index (χ0) is 19.6. The molecule has 0 aliphatic rings. The van der Waals surface area contributed by atoms with E-state index in [4.69, 9.17) is 18.9 Å². The maximum Gasteiger partial charge on any atom is 0.189 e. The number of rotatable bonds is 10. The van der Waals surface area contributed by atoms with Crippen molar-refractivity contribution in [2.24, 2.45) is 0 Å². The zero-order valence-electron chi connectivity index (χ0n) is 16.3. The smallest absolute Gasteiger partial charge is 0.189 e. The van der Waals surface area contributed by atoms with Gasteiger partial charge in [-0.15, -0.1) is 0 Å². The van der Waals surface area contributed by atoms with Crippen molar-refractivity contribution in [3.8, 4) is 23.0 Å². The van der Waals surface area contributed by atoms with Gasteiger partial charge in [0.2, 0.25) is 0 Å². The molecule has 0 N–H and O–H groups in total. The summed E-state index contributed by atoms with van der Waals surface area (Å²) in [7, 11) is 4.69. The second-order valence-corrected chi connectivity index (χ2v) is 5.88. The second kappa shape index (κ2) is 10.3. The molecule has 0 bridgehead atoms. The Morgan fingerprint density at radius 1 is 0.926 bits per heavy atom. The first-order chi connectivity index (χ1) is 13.1. The Morgan fingerprint density at radius 2 is 1.70 bits per heavy atom. The fourth-order valence-corrected chi connectivity index (χ4v) is 2.50. The standard InChI is InChI=1S/C22H26O5/c1-5-6-13-27-20-12-8-16(14-22(20)26-4)7-11-19(23)18-10-9-17(24-2)15-21(18)25-3/h7-12,14-15H,5-6,13H2,1-4H3/b11-7+. The number of ketones is 1. The molecule has 0 saturated carbocycles. The molecule has 0 aliphatic carbocycles. The van der Waals surface area contributed by atoms with Crippen molar-refractivity contribution in [3.05, 3.63) is 53.6 Å². The molecule has 0 amide bonds. The van der Waals surface area contributed by atoms with Crippen molar-refractivity contribution >= 4 is 11.9 Å². The Kier molecular flexibility index (Phi) is 7.74. The predicted octanol–water partition coefficient (Wildman–Crippen LogP) is 4.79. The van der Waals surface area contributed by atoms with Crippen molar-refractivity contribution in [2.45, 2.75) is 19.8 Å². The van der Waals surface area contributed by atoms with Crippen LogP contribution in [0.15, 0.2) is 42.5 Å². The third-order valence-corrected chi connectivity index (χ3v) is 4.04. The van der Waals surface area contributed by atoms with Crippen LogP contribution in [0.2, 0.25) is 0 Å². The highest BCUT2D eigenvalue weighted by Gasteiger charge is 2.11. The molecule has 0 fully saturated rings. The maximum atomic E-state index is 12.5. The van der Waals surface area contributed by atoms with Gasteiger partial charge in [0, 0.05) is 6.07 Å².